The third kappa shape index (κ3) is 4.52. The van der Waals surface area contributed by atoms with Gasteiger partial charge in [0.1, 0.15) is 5.60 Å². The fourth-order valence-electron chi connectivity index (χ4n) is 2.80. The maximum absolute atomic E-state index is 12.2. The van der Waals surface area contributed by atoms with Gasteiger partial charge in [0, 0.05) is 26.2 Å². The highest BCUT2D eigenvalue weighted by molar-refractivity contribution is 5.82. The molecule has 0 aromatic rings. The Morgan fingerprint density at radius 3 is 2.82 bits per heavy atom. The molecule has 126 valence electrons. The van der Waals surface area contributed by atoms with E-state index in [0.29, 0.717) is 13.1 Å². The van der Waals surface area contributed by atoms with Crippen molar-refractivity contribution in [2.75, 3.05) is 32.7 Å². The van der Waals surface area contributed by atoms with Crippen molar-refractivity contribution < 1.29 is 9.53 Å². The van der Waals surface area contributed by atoms with Crippen LogP contribution in [0.15, 0.2) is 4.99 Å². The van der Waals surface area contributed by atoms with Gasteiger partial charge >= 0.3 is 6.09 Å². The lowest BCUT2D eigenvalue weighted by molar-refractivity contribution is 0.0137. The molecule has 0 aromatic heterocycles. The highest BCUT2D eigenvalue weighted by atomic mass is 16.6. The molecule has 1 atom stereocenters. The molecular weight excluding hydrogens is 280 g/mol. The van der Waals surface area contributed by atoms with Crippen molar-refractivity contribution in [1.82, 2.24) is 15.1 Å². The third-order valence-electron chi connectivity index (χ3n) is 3.92. The van der Waals surface area contributed by atoms with Crippen molar-refractivity contribution in [3.63, 3.8) is 0 Å². The quantitative estimate of drug-likeness (QED) is 0.808. The number of ether oxygens (including phenoxy) is 1. The van der Waals surface area contributed by atoms with Gasteiger partial charge in [0.2, 0.25) is 0 Å². The average Bonchev–Trinajstić information content (AvgIpc) is 2.84. The predicted molar refractivity (Wildman–Crippen MR) is 88.1 cm³/mol. The van der Waals surface area contributed by atoms with Gasteiger partial charge in [-0.25, -0.2) is 4.79 Å². The van der Waals surface area contributed by atoms with Crippen LogP contribution in [0.5, 0.6) is 0 Å². The van der Waals surface area contributed by atoms with Crippen LogP contribution < -0.4 is 5.32 Å². The van der Waals surface area contributed by atoms with Crippen LogP contribution in [0.25, 0.3) is 0 Å². The maximum atomic E-state index is 12.2. The number of nitrogens with one attached hydrogen (secondary N) is 1. The summed E-state index contributed by atoms with van der Waals surface area (Å²) in [6, 6.07) is 0.287. The Morgan fingerprint density at radius 1 is 1.36 bits per heavy atom. The molecule has 0 aromatic carbocycles. The van der Waals surface area contributed by atoms with Gasteiger partial charge < -0.3 is 19.9 Å². The summed E-state index contributed by atoms with van der Waals surface area (Å²) in [7, 11) is 0. The summed E-state index contributed by atoms with van der Waals surface area (Å²) in [6.07, 6.45) is 3.44. The average molecular weight is 310 g/mol. The second-order valence-corrected chi connectivity index (χ2v) is 7.07. The Kier molecular flexibility index (Phi) is 5.53. The molecule has 6 nitrogen and oxygen atoms in total. The minimum atomic E-state index is -0.438. The van der Waals surface area contributed by atoms with Crippen molar-refractivity contribution in [2.24, 2.45) is 4.99 Å². The minimum absolute atomic E-state index is 0.212. The number of aliphatic imine (C=N–C) groups is 1. The minimum Gasteiger partial charge on any atom is -0.444 e. The normalized spacial score (nSPS) is 21.5. The van der Waals surface area contributed by atoms with Gasteiger partial charge in [-0.1, -0.05) is 19.8 Å². The second kappa shape index (κ2) is 7.20. The molecule has 22 heavy (non-hydrogen) atoms. The van der Waals surface area contributed by atoms with Crippen molar-refractivity contribution in [3.05, 3.63) is 0 Å². The molecular formula is C16H30N4O2. The van der Waals surface area contributed by atoms with Gasteiger partial charge in [0.05, 0.1) is 12.6 Å². The highest BCUT2D eigenvalue weighted by Gasteiger charge is 2.36. The van der Waals surface area contributed by atoms with Crippen LogP contribution in [0.3, 0.4) is 0 Å². The van der Waals surface area contributed by atoms with E-state index in [2.05, 4.69) is 22.1 Å². The van der Waals surface area contributed by atoms with Crippen LogP contribution in [0.4, 0.5) is 4.79 Å². The molecule has 1 saturated heterocycles. The van der Waals surface area contributed by atoms with Gasteiger partial charge in [-0.15, -0.1) is 0 Å². The van der Waals surface area contributed by atoms with Crippen LogP contribution in [0.1, 0.15) is 47.0 Å². The van der Waals surface area contributed by atoms with E-state index in [0.717, 1.165) is 25.6 Å². The first-order chi connectivity index (χ1) is 10.4. The number of guanidine groups is 1. The molecule has 0 saturated carbocycles. The van der Waals surface area contributed by atoms with Gasteiger partial charge in [0.15, 0.2) is 5.96 Å². The van der Waals surface area contributed by atoms with Gasteiger partial charge in [-0.2, -0.15) is 0 Å². The SMILES string of the molecule is CCCCCNC1=NCC2CN(C(=O)OC(C)(C)C)CCN12. The van der Waals surface area contributed by atoms with E-state index in [1.54, 1.807) is 0 Å². The Hall–Kier alpha value is -1.46. The van der Waals surface area contributed by atoms with E-state index in [1.807, 2.05) is 25.7 Å². The third-order valence-corrected chi connectivity index (χ3v) is 3.92. The molecule has 0 aliphatic carbocycles. The fraction of sp³-hybridized carbons (Fsp3) is 0.875. The van der Waals surface area contributed by atoms with Crippen LogP contribution >= 0.6 is 0 Å². The second-order valence-electron chi connectivity index (χ2n) is 7.07. The monoisotopic (exact) mass is 310 g/mol. The van der Waals surface area contributed by atoms with Gasteiger partial charge in [-0.05, 0) is 27.2 Å². The summed E-state index contributed by atoms with van der Waals surface area (Å²) in [5.74, 6) is 1.00. The number of rotatable bonds is 4. The molecule has 1 N–H and O–H groups in total. The number of unbranched alkanes of at least 4 members (excludes halogenated alkanes) is 2. The number of carbonyl (C=O) groups is 1. The Balaban J connectivity index is 1.79. The number of carbonyl (C=O) groups excluding carboxylic acids is 1. The van der Waals surface area contributed by atoms with E-state index >= 15 is 0 Å². The topological polar surface area (TPSA) is 57.2 Å². The Morgan fingerprint density at radius 2 is 2.14 bits per heavy atom. The zero-order valence-corrected chi connectivity index (χ0v) is 14.4. The first-order valence-electron chi connectivity index (χ1n) is 8.43. The van der Waals surface area contributed by atoms with Crippen molar-refractivity contribution >= 4 is 12.1 Å². The van der Waals surface area contributed by atoms with Gasteiger partial charge in [-0.3, -0.25) is 4.99 Å². The molecule has 2 rings (SSSR count). The smallest absolute Gasteiger partial charge is 0.410 e. The number of nitrogens with zero attached hydrogens (tertiary/aromatic N) is 3. The molecule has 0 radical (unpaired) electrons. The number of fused-ring (bicyclic) bond motifs is 1. The van der Waals surface area contributed by atoms with Crippen molar-refractivity contribution in [2.45, 2.75) is 58.6 Å². The molecule has 6 heteroatoms. The van der Waals surface area contributed by atoms with Gasteiger partial charge in [0.25, 0.3) is 0 Å². The zero-order valence-electron chi connectivity index (χ0n) is 14.4. The molecule has 1 amide bonds. The molecule has 1 unspecified atom stereocenters. The maximum Gasteiger partial charge on any atom is 0.410 e. The van der Waals surface area contributed by atoms with E-state index < -0.39 is 5.60 Å². The number of hydrogen-bond donors (Lipinski definition) is 1. The lowest BCUT2D eigenvalue weighted by Crippen LogP contribution is -2.57. The summed E-state index contributed by atoms with van der Waals surface area (Å²) < 4.78 is 5.46. The molecule has 0 bridgehead atoms. The van der Waals surface area contributed by atoms with E-state index in [1.165, 1.54) is 19.3 Å². The van der Waals surface area contributed by atoms with E-state index in [-0.39, 0.29) is 12.1 Å². The zero-order chi connectivity index (χ0) is 16.2. The molecule has 0 spiro atoms. The van der Waals surface area contributed by atoms with Crippen molar-refractivity contribution in [1.29, 1.82) is 0 Å². The molecule has 2 aliphatic rings. The lowest BCUT2D eigenvalue weighted by Gasteiger charge is -2.39. The first-order valence-corrected chi connectivity index (χ1v) is 8.43. The molecule has 1 fully saturated rings. The fourth-order valence-corrected chi connectivity index (χ4v) is 2.80. The summed E-state index contributed by atoms with van der Waals surface area (Å²) in [5.41, 5.74) is -0.438. The number of hydrogen-bond acceptors (Lipinski definition) is 5. The summed E-state index contributed by atoms with van der Waals surface area (Å²) in [5, 5.41) is 3.44. The van der Waals surface area contributed by atoms with Crippen LogP contribution in [0.2, 0.25) is 0 Å². The summed E-state index contributed by atoms with van der Waals surface area (Å²) in [6.45, 7) is 11.9. The number of piperazine rings is 1. The first kappa shape index (κ1) is 16.9. The van der Waals surface area contributed by atoms with Crippen LogP contribution in [-0.4, -0.2) is 66.2 Å². The highest BCUT2D eigenvalue weighted by Crippen LogP contribution is 2.18. The standard InChI is InChI=1S/C16H30N4O2/c1-5-6-7-8-17-14-18-11-13-12-19(9-10-20(13)14)15(21)22-16(2,3)4/h13H,5-12H2,1-4H3,(H,17,18). The van der Waals surface area contributed by atoms with Crippen LogP contribution in [-0.2, 0) is 4.74 Å². The van der Waals surface area contributed by atoms with Crippen molar-refractivity contribution in [3.8, 4) is 0 Å². The predicted octanol–water partition coefficient (Wildman–Crippen LogP) is 2.06. The van der Waals surface area contributed by atoms with Crippen LogP contribution in [0, 0.1) is 0 Å². The largest absolute Gasteiger partial charge is 0.444 e. The van der Waals surface area contributed by atoms with E-state index in [9.17, 15) is 4.79 Å². The Bertz CT molecular complexity index is 417. The molecule has 2 aliphatic heterocycles. The lowest BCUT2D eigenvalue weighted by atomic mass is 10.2. The Labute approximate surface area is 133 Å². The van der Waals surface area contributed by atoms with E-state index in [4.69, 9.17) is 4.74 Å². The summed E-state index contributed by atoms with van der Waals surface area (Å²) >= 11 is 0. The summed E-state index contributed by atoms with van der Waals surface area (Å²) in [4.78, 5) is 20.9. The number of amides is 1. The molecule has 2 heterocycles.